The lowest BCUT2D eigenvalue weighted by atomic mass is 9.76. The van der Waals surface area contributed by atoms with Gasteiger partial charge in [-0.2, -0.15) is 0 Å². The molecule has 1 heterocycles. The lowest BCUT2D eigenvalue weighted by molar-refractivity contribution is -0.135. The van der Waals surface area contributed by atoms with Crippen molar-refractivity contribution in [1.82, 2.24) is 20.2 Å². The average molecular weight is 581 g/mol. The maximum absolute atomic E-state index is 13.5. The number of hydrogen-bond acceptors (Lipinski definition) is 5. The van der Waals surface area contributed by atoms with E-state index in [1.54, 1.807) is 33.3 Å². The van der Waals surface area contributed by atoms with Gasteiger partial charge in [0.1, 0.15) is 22.9 Å². The Hall–Kier alpha value is -5.18. The van der Waals surface area contributed by atoms with Crippen molar-refractivity contribution in [2.75, 3.05) is 0 Å². The van der Waals surface area contributed by atoms with Crippen LogP contribution in [0.3, 0.4) is 0 Å². The first-order valence-electron chi connectivity index (χ1n) is 13.9. The summed E-state index contributed by atoms with van der Waals surface area (Å²) >= 11 is 0. The molecular formula is C34H36N4O5. The molecule has 2 amide bonds. The van der Waals surface area contributed by atoms with E-state index in [1.165, 1.54) is 13.0 Å². The standard InChI is InChI=1S/C34H36N4O5/c1-5-28(31(40)41)36-30(39)29(37-32(42)43-33(2,3)4)21-27-22-35-23-38(27)34(24-15-9-6-10-16-24,25-17-11-7-12-18-25)26-19-13-8-14-20-26/h5-20,22-23,29H,21H2,1-4H3,(H,36,39)(H,37,42)(H,40,41)/b28-5+/t29-/m0/s1. The van der Waals surface area contributed by atoms with Gasteiger partial charge in [-0.25, -0.2) is 14.6 Å². The van der Waals surface area contributed by atoms with Crippen molar-refractivity contribution in [2.45, 2.75) is 51.3 Å². The third-order valence-corrected chi connectivity index (χ3v) is 6.85. The van der Waals surface area contributed by atoms with Crippen LogP contribution in [-0.2, 0) is 26.3 Å². The highest BCUT2D eigenvalue weighted by Crippen LogP contribution is 2.41. The van der Waals surface area contributed by atoms with Crippen molar-refractivity contribution >= 4 is 18.0 Å². The summed E-state index contributed by atoms with van der Waals surface area (Å²) in [7, 11) is 0. The van der Waals surface area contributed by atoms with E-state index in [0.29, 0.717) is 5.69 Å². The molecule has 0 aliphatic heterocycles. The zero-order chi connectivity index (χ0) is 31.0. The number of nitrogens with one attached hydrogen (secondary N) is 2. The van der Waals surface area contributed by atoms with Crippen LogP contribution in [0.2, 0.25) is 0 Å². The molecule has 4 aromatic rings. The molecule has 0 radical (unpaired) electrons. The fraction of sp³-hybridized carbons (Fsp3) is 0.235. The molecule has 0 aliphatic carbocycles. The van der Waals surface area contributed by atoms with Crippen LogP contribution in [0.4, 0.5) is 4.79 Å². The third-order valence-electron chi connectivity index (χ3n) is 6.85. The summed E-state index contributed by atoms with van der Waals surface area (Å²) in [5.41, 5.74) is 1.45. The second-order valence-electron chi connectivity index (χ2n) is 11.0. The van der Waals surface area contributed by atoms with Crippen LogP contribution in [0.1, 0.15) is 50.1 Å². The molecule has 1 atom stereocenters. The van der Waals surface area contributed by atoms with Gasteiger partial charge in [-0.05, 0) is 44.4 Å². The Kier molecular flexibility index (Phi) is 9.45. The Labute approximate surface area is 251 Å². The van der Waals surface area contributed by atoms with E-state index in [9.17, 15) is 19.5 Å². The van der Waals surface area contributed by atoms with Gasteiger partial charge in [0.2, 0.25) is 5.91 Å². The van der Waals surface area contributed by atoms with Crippen LogP contribution in [0.15, 0.2) is 115 Å². The van der Waals surface area contributed by atoms with Gasteiger partial charge in [0.25, 0.3) is 0 Å². The number of rotatable bonds is 10. The first kappa shape index (κ1) is 30.8. The number of aliphatic carboxylic acids is 1. The van der Waals surface area contributed by atoms with E-state index in [2.05, 4.69) is 15.6 Å². The lowest BCUT2D eigenvalue weighted by Gasteiger charge is -2.39. The number of carbonyl (C=O) groups is 3. The highest BCUT2D eigenvalue weighted by atomic mass is 16.6. The Bertz CT molecular complexity index is 1480. The highest BCUT2D eigenvalue weighted by Gasteiger charge is 2.40. The minimum Gasteiger partial charge on any atom is -0.477 e. The summed E-state index contributed by atoms with van der Waals surface area (Å²) in [5, 5.41) is 14.6. The fourth-order valence-electron chi connectivity index (χ4n) is 5.07. The molecule has 43 heavy (non-hydrogen) atoms. The van der Waals surface area contributed by atoms with Gasteiger partial charge in [0, 0.05) is 18.3 Å². The molecule has 0 unspecified atom stereocenters. The maximum Gasteiger partial charge on any atom is 0.408 e. The van der Waals surface area contributed by atoms with Gasteiger partial charge in [-0.15, -0.1) is 0 Å². The summed E-state index contributed by atoms with van der Waals surface area (Å²) in [6, 6.07) is 28.7. The smallest absolute Gasteiger partial charge is 0.408 e. The quantitative estimate of drug-likeness (QED) is 0.174. The summed E-state index contributed by atoms with van der Waals surface area (Å²) in [6.45, 7) is 6.65. The van der Waals surface area contributed by atoms with Gasteiger partial charge in [0.15, 0.2) is 0 Å². The van der Waals surface area contributed by atoms with Crippen molar-refractivity contribution in [3.8, 4) is 0 Å². The molecule has 0 aliphatic rings. The number of allylic oxidation sites excluding steroid dienone is 1. The van der Waals surface area contributed by atoms with Crippen molar-refractivity contribution in [3.05, 3.63) is 138 Å². The summed E-state index contributed by atoms with van der Waals surface area (Å²) < 4.78 is 7.44. The molecule has 0 bridgehead atoms. The van der Waals surface area contributed by atoms with Crippen LogP contribution in [-0.4, -0.2) is 44.3 Å². The minimum atomic E-state index is -1.30. The van der Waals surface area contributed by atoms with Crippen LogP contribution in [0.5, 0.6) is 0 Å². The predicted octanol–water partition coefficient (Wildman–Crippen LogP) is 5.26. The molecule has 4 rings (SSSR count). The van der Waals surface area contributed by atoms with Crippen LogP contribution in [0.25, 0.3) is 0 Å². The van der Waals surface area contributed by atoms with E-state index < -0.39 is 35.2 Å². The molecule has 1 aromatic heterocycles. The highest BCUT2D eigenvalue weighted by molar-refractivity contribution is 5.95. The number of carboxylic acids is 1. The minimum absolute atomic E-state index is 0.0179. The normalized spacial score (nSPS) is 12.7. The number of aromatic nitrogens is 2. The van der Waals surface area contributed by atoms with Crippen molar-refractivity contribution < 1.29 is 24.2 Å². The topological polar surface area (TPSA) is 123 Å². The molecule has 9 heteroatoms. The van der Waals surface area contributed by atoms with Gasteiger partial charge in [-0.3, -0.25) is 4.79 Å². The zero-order valence-corrected chi connectivity index (χ0v) is 24.7. The van der Waals surface area contributed by atoms with Crippen LogP contribution in [0, 0.1) is 0 Å². The Balaban J connectivity index is 1.88. The number of ether oxygens (including phenoxy) is 1. The number of amides is 2. The molecular weight excluding hydrogens is 544 g/mol. The van der Waals surface area contributed by atoms with Crippen LogP contribution >= 0.6 is 0 Å². The lowest BCUT2D eigenvalue weighted by Crippen LogP contribution is -2.50. The first-order valence-corrected chi connectivity index (χ1v) is 13.9. The van der Waals surface area contributed by atoms with Crippen molar-refractivity contribution in [2.24, 2.45) is 0 Å². The van der Waals surface area contributed by atoms with E-state index in [-0.39, 0.29) is 12.1 Å². The fourth-order valence-corrected chi connectivity index (χ4v) is 5.07. The summed E-state index contributed by atoms with van der Waals surface area (Å²) in [6.07, 6.45) is 3.81. The number of alkyl carbamates (subject to hydrolysis) is 1. The molecule has 222 valence electrons. The number of imidazole rings is 1. The van der Waals surface area contributed by atoms with E-state index in [1.807, 2.05) is 95.6 Å². The maximum atomic E-state index is 13.5. The monoisotopic (exact) mass is 580 g/mol. The SMILES string of the molecule is C/C=C(/NC(=O)[C@H](Cc1cncn1C(c1ccccc1)(c1ccccc1)c1ccccc1)NC(=O)OC(C)(C)C)C(=O)O. The Morgan fingerprint density at radius 2 is 1.37 bits per heavy atom. The average Bonchev–Trinajstić information content (AvgIpc) is 3.44. The first-order chi connectivity index (χ1) is 20.6. The molecule has 0 fully saturated rings. The van der Waals surface area contributed by atoms with E-state index in [4.69, 9.17) is 4.74 Å². The van der Waals surface area contributed by atoms with Gasteiger partial charge < -0.3 is 25.0 Å². The molecule has 3 aromatic carbocycles. The van der Waals surface area contributed by atoms with Gasteiger partial charge in [-0.1, -0.05) is 97.1 Å². The van der Waals surface area contributed by atoms with Crippen molar-refractivity contribution in [1.29, 1.82) is 0 Å². The van der Waals surface area contributed by atoms with Gasteiger partial charge in [0.05, 0.1) is 6.33 Å². The van der Waals surface area contributed by atoms with Crippen molar-refractivity contribution in [3.63, 3.8) is 0 Å². The van der Waals surface area contributed by atoms with E-state index >= 15 is 0 Å². The zero-order valence-electron chi connectivity index (χ0n) is 24.7. The van der Waals surface area contributed by atoms with Crippen LogP contribution < -0.4 is 10.6 Å². The molecule has 3 N–H and O–H groups in total. The molecule has 9 nitrogen and oxygen atoms in total. The Morgan fingerprint density at radius 3 is 1.79 bits per heavy atom. The number of nitrogens with zero attached hydrogens (tertiary/aromatic N) is 2. The number of carboxylic acid groups (broad SMARTS) is 1. The van der Waals surface area contributed by atoms with E-state index in [0.717, 1.165) is 16.7 Å². The predicted molar refractivity (Wildman–Crippen MR) is 163 cm³/mol. The number of carbonyl (C=O) groups excluding carboxylic acids is 2. The Morgan fingerprint density at radius 1 is 0.884 bits per heavy atom. The molecule has 0 saturated heterocycles. The number of benzene rings is 3. The number of hydrogen-bond donors (Lipinski definition) is 3. The molecule has 0 spiro atoms. The second kappa shape index (κ2) is 13.2. The second-order valence-corrected chi connectivity index (χ2v) is 11.0. The third kappa shape index (κ3) is 7.01. The molecule has 0 saturated carbocycles. The summed E-state index contributed by atoms with van der Waals surface area (Å²) in [4.78, 5) is 42.5. The summed E-state index contributed by atoms with van der Waals surface area (Å²) in [5.74, 6) is -2.01. The largest absolute Gasteiger partial charge is 0.477 e. The van der Waals surface area contributed by atoms with Gasteiger partial charge >= 0.3 is 12.1 Å².